The van der Waals surface area contributed by atoms with E-state index < -0.39 is 0 Å². The smallest absolute Gasteiger partial charge is 0.254 e. The average molecular weight is 348 g/mol. The Bertz CT molecular complexity index is 704. The molecule has 1 N–H and O–H groups in total. The van der Waals surface area contributed by atoms with Crippen molar-refractivity contribution < 1.29 is 9.53 Å². The van der Waals surface area contributed by atoms with Crippen LogP contribution in [0.2, 0.25) is 5.02 Å². The third-order valence-electron chi connectivity index (χ3n) is 4.18. The number of carbonyl (C=O) groups excluding carboxylic acids is 1. The quantitative estimate of drug-likeness (QED) is 0.899. The number of nitrogens with one attached hydrogen (secondary N) is 1. The second kappa shape index (κ2) is 7.36. The summed E-state index contributed by atoms with van der Waals surface area (Å²) in [6.07, 6.45) is 3.82. The van der Waals surface area contributed by atoms with E-state index in [1.54, 1.807) is 6.20 Å². The SMILES string of the molecule is CC(C)c1c(C(=O)NC[C@H]2CCCO2)cnn1-c1ccc(Cl)cc1. The van der Waals surface area contributed by atoms with Crippen molar-refractivity contribution in [3.05, 3.63) is 46.7 Å². The maximum absolute atomic E-state index is 12.6. The number of nitrogens with zero attached hydrogens (tertiary/aromatic N) is 2. The zero-order valence-electron chi connectivity index (χ0n) is 14.0. The van der Waals surface area contributed by atoms with Gasteiger partial charge in [0.05, 0.1) is 29.2 Å². The highest BCUT2D eigenvalue weighted by molar-refractivity contribution is 6.30. The van der Waals surface area contributed by atoms with Crippen molar-refractivity contribution in [2.75, 3.05) is 13.2 Å². The zero-order valence-corrected chi connectivity index (χ0v) is 14.7. The normalized spacial score (nSPS) is 17.4. The summed E-state index contributed by atoms with van der Waals surface area (Å²) >= 11 is 5.95. The molecule has 0 spiro atoms. The number of rotatable bonds is 5. The van der Waals surface area contributed by atoms with Gasteiger partial charge >= 0.3 is 0 Å². The number of ether oxygens (including phenoxy) is 1. The van der Waals surface area contributed by atoms with E-state index in [-0.39, 0.29) is 17.9 Å². The molecule has 0 saturated carbocycles. The summed E-state index contributed by atoms with van der Waals surface area (Å²) in [6, 6.07) is 7.43. The van der Waals surface area contributed by atoms with Crippen molar-refractivity contribution in [1.29, 1.82) is 0 Å². The highest BCUT2D eigenvalue weighted by atomic mass is 35.5. The minimum absolute atomic E-state index is 0.102. The Morgan fingerprint density at radius 2 is 2.17 bits per heavy atom. The number of amides is 1. The van der Waals surface area contributed by atoms with Gasteiger partial charge in [-0.2, -0.15) is 5.10 Å². The summed E-state index contributed by atoms with van der Waals surface area (Å²) in [6.45, 7) is 5.44. The van der Waals surface area contributed by atoms with Crippen LogP contribution < -0.4 is 5.32 Å². The van der Waals surface area contributed by atoms with Gasteiger partial charge in [-0.25, -0.2) is 4.68 Å². The van der Waals surface area contributed by atoms with Gasteiger partial charge in [0.1, 0.15) is 0 Å². The van der Waals surface area contributed by atoms with E-state index in [0.717, 1.165) is 30.8 Å². The molecule has 1 aliphatic rings. The molecule has 1 aromatic carbocycles. The molecule has 1 atom stereocenters. The molecular formula is C18H22ClN3O2. The fourth-order valence-electron chi connectivity index (χ4n) is 2.98. The third-order valence-corrected chi connectivity index (χ3v) is 4.44. The van der Waals surface area contributed by atoms with E-state index in [1.807, 2.05) is 28.9 Å². The zero-order chi connectivity index (χ0) is 17.1. The predicted octanol–water partition coefficient (Wildman–Crippen LogP) is 3.56. The van der Waals surface area contributed by atoms with E-state index in [0.29, 0.717) is 17.1 Å². The Balaban J connectivity index is 1.82. The number of aromatic nitrogens is 2. The first-order valence-corrected chi connectivity index (χ1v) is 8.67. The molecule has 0 bridgehead atoms. The maximum atomic E-state index is 12.6. The van der Waals surface area contributed by atoms with Crippen molar-refractivity contribution in [1.82, 2.24) is 15.1 Å². The van der Waals surface area contributed by atoms with Crippen LogP contribution in [0.1, 0.15) is 48.7 Å². The predicted molar refractivity (Wildman–Crippen MR) is 94.0 cm³/mol. The van der Waals surface area contributed by atoms with Gasteiger partial charge in [0.2, 0.25) is 0 Å². The molecule has 128 valence electrons. The van der Waals surface area contributed by atoms with E-state index >= 15 is 0 Å². The summed E-state index contributed by atoms with van der Waals surface area (Å²) in [4.78, 5) is 12.6. The van der Waals surface area contributed by atoms with Crippen LogP contribution in [0, 0.1) is 0 Å². The van der Waals surface area contributed by atoms with Gasteiger partial charge in [-0.05, 0) is 43.0 Å². The third kappa shape index (κ3) is 3.62. The Kier molecular flexibility index (Phi) is 5.21. The lowest BCUT2D eigenvalue weighted by Gasteiger charge is -2.14. The van der Waals surface area contributed by atoms with Crippen LogP contribution in [0.25, 0.3) is 5.69 Å². The second-order valence-electron chi connectivity index (χ2n) is 6.33. The van der Waals surface area contributed by atoms with Gasteiger partial charge in [-0.3, -0.25) is 4.79 Å². The van der Waals surface area contributed by atoms with Gasteiger partial charge in [0.25, 0.3) is 5.91 Å². The van der Waals surface area contributed by atoms with Crippen molar-refractivity contribution in [2.45, 2.75) is 38.7 Å². The van der Waals surface area contributed by atoms with E-state index in [4.69, 9.17) is 16.3 Å². The van der Waals surface area contributed by atoms with Gasteiger partial charge in [0.15, 0.2) is 0 Å². The number of hydrogen-bond acceptors (Lipinski definition) is 3. The molecule has 2 heterocycles. The maximum Gasteiger partial charge on any atom is 0.254 e. The van der Waals surface area contributed by atoms with E-state index in [9.17, 15) is 4.79 Å². The highest BCUT2D eigenvalue weighted by Gasteiger charge is 2.22. The summed E-state index contributed by atoms with van der Waals surface area (Å²) in [7, 11) is 0. The Hall–Kier alpha value is -1.85. The lowest BCUT2D eigenvalue weighted by atomic mass is 10.0. The topological polar surface area (TPSA) is 56.1 Å². The molecule has 6 heteroatoms. The van der Waals surface area contributed by atoms with Crippen molar-refractivity contribution >= 4 is 17.5 Å². The molecule has 5 nitrogen and oxygen atoms in total. The highest BCUT2D eigenvalue weighted by Crippen LogP contribution is 2.24. The molecule has 2 aromatic rings. The van der Waals surface area contributed by atoms with Gasteiger partial charge < -0.3 is 10.1 Å². The number of halogens is 1. The Morgan fingerprint density at radius 1 is 1.42 bits per heavy atom. The first kappa shape index (κ1) is 17.0. The Morgan fingerprint density at radius 3 is 2.79 bits per heavy atom. The molecule has 1 amide bonds. The van der Waals surface area contributed by atoms with Crippen molar-refractivity contribution in [3.8, 4) is 5.69 Å². The fourth-order valence-corrected chi connectivity index (χ4v) is 3.11. The second-order valence-corrected chi connectivity index (χ2v) is 6.77. The van der Waals surface area contributed by atoms with Crippen LogP contribution in [0.5, 0.6) is 0 Å². The standard InChI is InChI=1S/C18H22ClN3O2/c1-12(2)17-16(18(23)20-10-15-4-3-9-24-15)11-21-22(17)14-7-5-13(19)6-8-14/h5-8,11-12,15H,3-4,9-10H2,1-2H3,(H,20,23)/t15-/m1/s1. The largest absolute Gasteiger partial charge is 0.376 e. The molecule has 0 radical (unpaired) electrons. The first-order valence-electron chi connectivity index (χ1n) is 8.30. The molecule has 1 fully saturated rings. The molecule has 0 aliphatic carbocycles. The van der Waals surface area contributed by atoms with Crippen molar-refractivity contribution in [3.63, 3.8) is 0 Å². The lowest BCUT2D eigenvalue weighted by molar-refractivity contribution is 0.0856. The molecule has 1 aromatic heterocycles. The molecule has 0 unspecified atom stereocenters. The van der Waals surface area contributed by atoms with Crippen LogP contribution >= 0.6 is 11.6 Å². The van der Waals surface area contributed by atoms with Crippen LogP contribution in [0.4, 0.5) is 0 Å². The number of benzene rings is 1. The van der Waals surface area contributed by atoms with Crippen LogP contribution in [-0.2, 0) is 4.74 Å². The van der Waals surface area contributed by atoms with Gasteiger partial charge in [-0.1, -0.05) is 25.4 Å². The average Bonchev–Trinajstić information content (AvgIpc) is 3.22. The van der Waals surface area contributed by atoms with Crippen LogP contribution in [0.15, 0.2) is 30.5 Å². The van der Waals surface area contributed by atoms with E-state index in [2.05, 4.69) is 24.3 Å². The summed E-state index contributed by atoms with van der Waals surface area (Å²) < 4.78 is 7.36. The lowest BCUT2D eigenvalue weighted by Crippen LogP contribution is -2.32. The summed E-state index contributed by atoms with van der Waals surface area (Å²) in [5.74, 6) is 0.0565. The Labute approximate surface area is 147 Å². The van der Waals surface area contributed by atoms with Crippen LogP contribution in [-0.4, -0.2) is 34.9 Å². The number of hydrogen-bond donors (Lipinski definition) is 1. The van der Waals surface area contributed by atoms with E-state index in [1.165, 1.54) is 0 Å². The molecule has 1 aliphatic heterocycles. The minimum Gasteiger partial charge on any atom is -0.376 e. The monoisotopic (exact) mass is 347 g/mol. The van der Waals surface area contributed by atoms with Crippen molar-refractivity contribution in [2.24, 2.45) is 0 Å². The number of carbonyl (C=O) groups is 1. The first-order chi connectivity index (χ1) is 11.6. The fraction of sp³-hybridized carbons (Fsp3) is 0.444. The van der Waals surface area contributed by atoms with Gasteiger partial charge in [-0.15, -0.1) is 0 Å². The van der Waals surface area contributed by atoms with Gasteiger partial charge in [0, 0.05) is 18.2 Å². The summed E-state index contributed by atoms with van der Waals surface area (Å²) in [5.41, 5.74) is 2.39. The molecular weight excluding hydrogens is 326 g/mol. The molecule has 3 rings (SSSR count). The minimum atomic E-state index is -0.102. The van der Waals surface area contributed by atoms with Crippen LogP contribution in [0.3, 0.4) is 0 Å². The summed E-state index contributed by atoms with van der Waals surface area (Å²) in [5, 5.41) is 8.06. The molecule has 1 saturated heterocycles. The molecule has 24 heavy (non-hydrogen) atoms.